The van der Waals surface area contributed by atoms with Crippen molar-refractivity contribution >= 4 is 19.7 Å². The average molecular weight is 1100 g/mol. The molecule has 9 nitrogen and oxygen atoms in total. The summed E-state index contributed by atoms with van der Waals surface area (Å²) in [6.07, 6.45) is 73.3. The van der Waals surface area contributed by atoms with Crippen molar-refractivity contribution in [3.63, 3.8) is 0 Å². The molecule has 0 aromatic heterocycles. The Hall–Kier alpha value is -2.55. The number of phosphoric ester groups is 1. The van der Waals surface area contributed by atoms with Gasteiger partial charge in [-0.1, -0.05) is 248 Å². The highest BCUT2D eigenvalue weighted by molar-refractivity contribution is 7.47. The molecule has 0 radical (unpaired) electrons. The number of ether oxygens (including phenoxy) is 1. The number of phosphoric acid groups is 1. The molecule has 0 bridgehead atoms. The number of carbonyl (C=O) groups excluding carboxylic acids is 2. The standard InChI is InChI=1S/C67H123N2O7P/c1-7-10-13-16-19-22-25-28-29-30-31-32-33-34-35-36-37-38-39-42-45-48-51-54-57-60-67(71)76-65(58-55-52-49-46-43-40-26-23-20-17-14-11-8-2)64(63-75-77(72,73)74-62-61-69(4,5)6)68-66(70)59-56-53-50-47-44-41-27-24-21-18-15-12-9-3/h19,22,28-29,31-32,34-35,41,44,55,58,64-65H,7-18,20-21,23-27,30,33,36-40,42-43,45-54,56-57,59-63H2,1-6H3,(H-,68,70,72,73)/p+1/b22-19-,29-28-,32-31-,35-34-,44-41-,58-55-. The number of likely N-dealkylation sites (N-methyl/N-ethyl adjacent to an activating group) is 1. The fourth-order valence-electron chi connectivity index (χ4n) is 9.10. The van der Waals surface area contributed by atoms with E-state index in [1.165, 1.54) is 154 Å². The third-order valence-corrected chi connectivity index (χ3v) is 15.1. The van der Waals surface area contributed by atoms with Gasteiger partial charge in [0, 0.05) is 12.8 Å². The highest BCUT2D eigenvalue weighted by atomic mass is 31.2. The van der Waals surface area contributed by atoms with Gasteiger partial charge in [0.1, 0.15) is 19.3 Å². The second kappa shape index (κ2) is 56.7. The fraction of sp³-hybridized carbons (Fsp3) is 0.791. The van der Waals surface area contributed by atoms with Crippen LogP contribution in [0.4, 0.5) is 0 Å². The third-order valence-electron chi connectivity index (χ3n) is 14.1. The van der Waals surface area contributed by atoms with E-state index in [0.717, 1.165) is 103 Å². The lowest BCUT2D eigenvalue weighted by atomic mass is 10.0. The molecular formula is C67H124N2O7P+. The number of amides is 1. The molecule has 2 N–H and O–H groups in total. The minimum atomic E-state index is -4.45. The quantitative estimate of drug-likeness (QED) is 0.0205. The Morgan fingerprint density at radius 1 is 0.455 bits per heavy atom. The number of carbonyl (C=O) groups is 2. The van der Waals surface area contributed by atoms with Crippen molar-refractivity contribution in [2.75, 3.05) is 40.9 Å². The topological polar surface area (TPSA) is 111 Å². The number of nitrogens with zero attached hydrogens (tertiary/aromatic N) is 1. The largest absolute Gasteiger partial charge is 0.472 e. The van der Waals surface area contributed by atoms with E-state index in [-0.39, 0.29) is 31.5 Å². The maximum absolute atomic E-state index is 13.5. The molecule has 0 rings (SSSR count). The smallest absolute Gasteiger partial charge is 0.456 e. The number of hydrogen-bond acceptors (Lipinski definition) is 6. The maximum Gasteiger partial charge on any atom is 0.472 e. The number of esters is 1. The van der Waals surface area contributed by atoms with Gasteiger partial charge < -0.3 is 19.4 Å². The van der Waals surface area contributed by atoms with Crippen LogP contribution >= 0.6 is 7.82 Å². The van der Waals surface area contributed by atoms with E-state index < -0.39 is 20.0 Å². The molecule has 0 fully saturated rings. The van der Waals surface area contributed by atoms with Crippen LogP contribution < -0.4 is 5.32 Å². The highest BCUT2D eigenvalue weighted by Crippen LogP contribution is 2.43. The van der Waals surface area contributed by atoms with E-state index in [0.29, 0.717) is 17.4 Å². The molecule has 3 unspecified atom stereocenters. The zero-order valence-electron chi connectivity index (χ0n) is 51.2. The summed E-state index contributed by atoms with van der Waals surface area (Å²) in [6, 6.07) is -0.860. The monoisotopic (exact) mass is 1100 g/mol. The van der Waals surface area contributed by atoms with Crippen LogP contribution in [0.1, 0.15) is 290 Å². The Balaban J connectivity index is 5.18. The lowest BCUT2D eigenvalue weighted by Gasteiger charge is -2.27. The van der Waals surface area contributed by atoms with Gasteiger partial charge in [0.15, 0.2) is 0 Å². The molecule has 0 heterocycles. The van der Waals surface area contributed by atoms with Gasteiger partial charge in [0.05, 0.1) is 33.8 Å². The van der Waals surface area contributed by atoms with Gasteiger partial charge in [0.2, 0.25) is 5.91 Å². The van der Waals surface area contributed by atoms with Crippen LogP contribution in [-0.2, 0) is 27.9 Å². The third kappa shape index (κ3) is 57.9. The van der Waals surface area contributed by atoms with Gasteiger partial charge in [0.25, 0.3) is 0 Å². The van der Waals surface area contributed by atoms with Crippen molar-refractivity contribution < 1.29 is 37.3 Å². The first kappa shape index (κ1) is 74.5. The van der Waals surface area contributed by atoms with E-state index in [1.54, 1.807) is 0 Å². The summed E-state index contributed by atoms with van der Waals surface area (Å²) < 4.78 is 30.7. The van der Waals surface area contributed by atoms with E-state index >= 15 is 0 Å². The predicted octanol–water partition coefficient (Wildman–Crippen LogP) is 20.0. The number of rotatable bonds is 58. The summed E-state index contributed by atoms with van der Waals surface area (Å²) in [4.78, 5) is 37.7. The molecule has 77 heavy (non-hydrogen) atoms. The van der Waals surface area contributed by atoms with Crippen LogP contribution in [0.15, 0.2) is 72.9 Å². The summed E-state index contributed by atoms with van der Waals surface area (Å²) in [5, 5.41) is 3.05. The van der Waals surface area contributed by atoms with E-state index in [9.17, 15) is 19.0 Å². The minimum Gasteiger partial charge on any atom is -0.456 e. The van der Waals surface area contributed by atoms with Crippen LogP contribution in [0.25, 0.3) is 0 Å². The number of nitrogens with one attached hydrogen (secondary N) is 1. The molecule has 448 valence electrons. The first-order chi connectivity index (χ1) is 37.4. The molecule has 0 aliphatic carbocycles. The first-order valence-electron chi connectivity index (χ1n) is 32.3. The Morgan fingerprint density at radius 3 is 1.23 bits per heavy atom. The molecule has 0 saturated carbocycles. The Labute approximate surface area is 476 Å². The molecule has 0 aromatic carbocycles. The molecule has 0 aliphatic heterocycles. The number of quaternary nitrogens is 1. The molecule has 0 aliphatic rings. The zero-order valence-corrected chi connectivity index (χ0v) is 52.1. The molecular weight excluding hydrogens is 976 g/mol. The van der Waals surface area contributed by atoms with E-state index in [4.69, 9.17) is 13.8 Å². The van der Waals surface area contributed by atoms with E-state index in [1.807, 2.05) is 33.3 Å². The second-order valence-corrected chi connectivity index (χ2v) is 24.4. The predicted molar refractivity (Wildman–Crippen MR) is 332 cm³/mol. The molecule has 0 spiro atoms. The van der Waals surface area contributed by atoms with Crippen LogP contribution in [0.2, 0.25) is 0 Å². The summed E-state index contributed by atoms with van der Waals surface area (Å²) in [6.45, 7) is 6.97. The molecule has 10 heteroatoms. The zero-order chi connectivity index (χ0) is 56.4. The first-order valence-corrected chi connectivity index (χ1v) is 33.8. The van der Waals surface area contributed by atoms with Gasteiger partial charge in [-0.25, -0.2) is 4.57 Å². The van der Waals surface area contributed by atoms with E-state index in [2.05, 4.69) is 86.8 Å². The van der Waals surface area contributed by atoms with Crippen molar-refractivity contribution in [2.24, 2.45) is 0 Å². The summed E-state index contributed by atoms with van der Waals surface area (Å²) in [5.74, 6) is -0.527. The maximum atomic E-state index is 13.5. The normalized spacial score (nSPS) is 14.1. The van der Waals surface area contributed by atoms with Crippen molar-refractivity contribution in [1.29, 1.82) is 0 Å². The minimum absolute atomic E-state index is 0.0349. The Morgan fingerprint density at radius 2 is 0.792 bits per heavy atom. The molecule has 1 amide bonds. The fourth-order valence-corrected chi connectivity index (χ4v) is 9.83. The highest BCUT2D eigenvalue weighted by Gasteiger charge is 2.30. The van der Waals surface area contributed by atoms with Crippen LogP contribution in [0.5, 0.6) is 0 Å². The van der Waals surface area contributed by atoms with Crippen molar-refractivity contribution in [3.8, 4) is 0 Å². The lowest BCUT2D eigenvalue weighted by molar-refractivity contribution is -0.870. The lowest BCUT2D eigenvalue weighted by Crippen LogP contribution is -2.47. The molecule has 0 saturated heterocycles. The van der Waals surface area contributed by atoms with Gasteiger partial charge in [-0.05, 0) is 102 Å². The van der Waals surface area contributed by atoms with Gasteiger partial charge in [-0.15, -0.1) is 0 Å². The number of allylic oxidation sites excluding steroid dienone is 11. The van der Waals surface area contributed by atoms with Gasteiger partial charge >= 0.3 is 13.8 Å². The second-order valence-electron chi connectivity index (χ2n) is 22.9. The van der Waals surface area contributed by atoms with Gasteiger partial charge in [-0.2, -0.15) is 0 Å². The summed E-state index contributed by atoms with van der Waals surface area (Å²) >= 11 is 0. The number of hydrogen-bond donors (Lipinski definition) is 2. The van der Waals surface area contributed by atoms with Crippen molar-refractivity contribution in [2.45, 2.75) is 303 Å². The Bertz CT molecular complexity index is 1550. The Kier molecular flexibility index (Phi) is 54.8. The van der Waals surface area contributed by atoms with Crippen molar-refractivity contribution in [1.82, 2.24) is 5.32 Å². The van der Waals surface area contributed by atoms with Crippen LogP contribution in [-0.4, -0.2) is 74.3 Å². The molecule has 0 aromatic rings. The van der Waals surface area contributed by atoms with Crippen molar-refractivity contribution in [3.05, 3.63) is 72.9 Å². The van der Waals surface area contributed by atoms with Gasteiger partial charge in [-0.3, -0.25) is 18.6 Å². The summed E-state index contributed by atoms with van der Waals surface area (Å²) in [7, 11) is 1.48. The SMILES string of the molecule is CCCCC/C=C\C/C=C\C/C=C\C/C=C\CCCCCCCCCCCC(=O)OC(/C=C\CCCCCCCCCCCCC)C(COP(=O)(O)OCC[N+](C)(C)C)NC(=O)CCCCC/C=C\CCCCCCCC. The number of unbranched alkanes of at least 4 members (excludes halogenated alkanes) is 32. The average Bonchev–Trinajstić information content (AvgIpc) is 3.39. The summed E-state index contributed by atoms with van der Waals surface area (Å²) in [5.41, 5.74) is 0. The van der Waals surface area contributed by atoms with Crippen LogP contribution in [0, 0.1) is 0 Å². The van der Waals surface area contributed by atoms with Crippen LogP contribution in [0.3, 0.4) is 0 Å². The molecule has 3 atom stereocenters.